The van der Waals surface area contributed by atoms with Gasteiger partial charge in [0.25, 0.3) is 0 Å². The maximum absolute atomic E-state index is 11.1. The molecule has 27 heavy (non-hydrogen) atoms. The van der Waals surface area contributed by atoms with Gasteiger partial charge in [-0.15, -0.1) is 0 Å². The Bertz CT molecular complexity index is 410. The molecule has 0 radical (unpaired) electrons. The Hall–Kier alpha value is -2.24. The van der Waals surface area contributed by atoms with E-state index in [9.17, 15) is 19.2 Å². The summed E-state index contributed by atoms with van der Waals surface area (Å²) in [6, 6.07) is 0. The van der Waals surface area contributed by atoms with Crippen LogP contribution in [0.15, 0.2) is 0 Å². The normalized spacial score (nSPS) is 10.4. The molecule has 0 aliphatic heterocycles. The van der Waals surface area contributed by atoms with E-state index < -0.39 is 23.9 Å². The number of hydrogen-bond acceptors (Lipinski definition) is 9. The van der Waals surface area contributed by atoms with Gasteiger partial charge in [0.05, 0.1) is 65.3 Å². The zero-order chi connectivity index (χ0) is 20.3. The fourth-order valence-corrected chi connectivity index (χ4v) is 1.53. The van der Waals surface area contributed by atoms with Gasteiger partial charge in [0.15, 0.2) is 0 Å². The summed E-state index contributed by atoms with van der Waals surface area (Å²) in [5, 5.41) is 16.8. The van der Waals surface area contributed by atoms with Crippen LogP contribution in [0.1, 0.15) is 25.7 Å². The van der Waals surface area contributed by atoms with Crippen LogP contribution in [0.3, 0.4) is 0 Å². The lowest BCUT2D eigenvalue weighted by Gasteiger charge is -2.08. The summed E-state index contributed by atoms with van der Waals surface area (Å²) in [7, 11) is 0. The summed E-state index contributed by atoms with van der Waals surface area (Å²) in [6.07, 6.45) is -0.856. The molecule has 0 heterocycles. The fraction of sp³-hybridized carbons (Fsp3) is 0.750. The van der Waals surface area contributed by atoms with E-state index in [1.807, 2.05) is 0 Å². The van der Waals surface area contributed by atoms with Crippen LogP contribution in [0.4, 0.5) is 0 Å². The van der Waals surface area contributed by atoms with Gasteiger partial charge in [-0.25, -0.2) is 0 Å². The van der Waals surface area contributed by atoms with Crippen LogP contribution in [0.2, 0.25) is 0 Å². The highest BCUT2D eigenvalue weighted by Crippen LogP contribution is 1.94. The van der Waals surface area contributed by atoms with Crippen LogP contribution in [-0.2, 0) is 42.9 Å². The molecular formula is C16H26O11. The van der Waals surface area contributed by atoms with Crippen LogP contribution >= 0.6 is 0 Å². The first-order valence-electron chi connectivity index (χ1n) is 8.40. The Labute approximate surface area is 156 Å². The van der Waals surface area contributed by atoms with E-state index in [4.69, 9.17) is 33.9 Å². The van der Waals surface area contributed by atoms with Gasteiger partial charge < -0.3 is 33.9 Å². The van der Waals surface area contributed by atoms with Crippen LogP contribution in [0.25, 0.3) is 0 Å². The molecule has 0 fully saturated rings. The Balaban J connectivity index is 3.23. The molecule has 11 heteroatoms. The molecule has 0 spiro atoms. The topological polar surface area (TPSA) is 155 Å². The maximum Gasteiger partial charge on any atom is 0.306 e. The summed E-state index contributed by atoms with van der Waals surface area (Å²) in [4.78, 5) is 42.7. The van der Waals surface area contributed by atoms with E-state index in [2.05, 4.69) is 0 Å². The number of hydrogen-bond donors (Lipinski definition) is 2. The van der Waals surface area contributed by atoms with Crippen molar-refractivity contribution < 1.29 is 53.1 Å². The predicted octanol–water partition coefficient (Wildman–Crippen LogP) is -0.148. The molecular weight excluding hydrogens is 368 g/mol. The van der Waals surface area contributed by atoms with E-state index >= 15 is 0 Å². The van der Waals surface area contributed by atoms with Gasteiger partial charge in [0.1, 0.15) is 13.2 Å². The second-order valence-corrected chi connectivity index (χ2v) is 5.07. The lowest BCUT2D eigenvalue weighted by atomic mass is 10.3. The molecule has 0 aliphatic carbocycles. The summed E-state index contributed by atoms with van der Waals surface area (Å²) in [6.45, 7) is 1.71. The molecule has 2 N–H and O–H groups in total. The van der Waals surface area contributed by atoms with Gasteiger partial charge in [-0.05, 0) is 0 Å². The first kappa shape index (κ1) is 24.8. The van der Waals surface area contributed by atoms with Crippen molar-refractivity contribution in [3.8, 4) is 0 Å². The SMILES string of the molecule is O=C(O)CCC(=O)OCCOCCOCCOCCOC(=O)CCC(=O)O. The average Bonchev–Trinajstić information content (AvgIpc) is 2.62. The number of rotatable bonds is 18. The second kappa shape index (κ2) is 17.2. The molecule has 0 unspecified atom stereocenters. The van der Waals surface area contributed by atoms with Crippen LogP contribution in [0.5, 0.6) is 0 Å². The third-order valence-corrected chi connectivity index (χ3v) is 2.81. The summed E-state index contributed by atoms with van der Waals surface area (Å²) < 4.78 is 25.1. The van der Waals surface area contributed by atoms with Gasteiger partial charge in [0, 0.05) is 0 Å². The van der Waals surface area contributed by atoms with Gasteiger partial charge in [-0.1, -0.05) is 0 Å². The molecule has 0 rings (SSSR count). The van der Waals surface area contributed by atoms with Crippen molar-refractivity contribution in [3.05, 3.63) is 0 Å². The highest BCUT2D eigenvalue weighted by molar-refractivity contribution is 5.77. The molecule has 11 nitrogen and oxygen atoms in total. The van der Waals surface area contributed by atoms with Gasteiger partial charge in [0.2, 0.25) is 0 Å². The first-order valence-corrected chi connectivity index (χ1v) is 8.40. The number of carbonyl (C=O) groups is 4. The largest absolute Gasteiger partial charge is 0.481 e. The standard InChI is InChI=1S/C16H26O11/c17-13(18)1-3-15(21)26-11-9-24-7-5-23-6-8-25-10-12-27-16(22)4-2-14(19)20/h1-12H2,(H,17,18)(H,19,20). The van der Waals surface area contributed by atoms with Gasteiger partial charge >= 0.3 is 23.9 Å². The van der Waals surface area contributed by atoms with Gasteiger partial charge in [-0.2, -0.15) is 0 Å². The Morgan fingerprint density at radius 1 is 0.481 bits per heavy atom. The molecule has 0 aromatic heterocycles. The van der Waals surface area contributed by atoms with E-state index in [1.54, 1.807) is 0 Å². The fourth-order valence-electron chi connectivity index (χ4n) is 1.53. The van der Waals surface area contributed by atoms with Crippen molar-refractivity contribution in [1.29, 1.82) is 0 Å². The van der Waals surface area contributed by atoms with Crippen molar-refractivity contribution in [1.82, 2.24) is 0 Å². The molecule has 0 aliphatic rings. The van der Waals surface area contributed by atoms with Crippen molar-refractivity contribution in [2.75, 3.05) is 52.9 Å². The summed E-state index contributed by atoms with van der Waals surface area (Å²) >= 11 is 0. The van der Waals surface area contributed by atoms with E-state index in [0.717, 1.165) is 0 Å². The predicted molar refractivity (Wildman–Crippen MR) is 88.1 cm³/mol. The number of ether oxygens (including phenoxy) is 5. The quantitative estimate of drug-likeness (QED) is 0.235. The van der Waals surface area contributed by atoms with Crippen LogP contribution in [-0.4, -0.2) is 86.9 Å². The van der Waals surface area contributed by atoms with Crippen molar-refractivity contribution in [2.24, 2.45) is 0 Å². The molecule has 0 amide bonds. The minimum absolute atomic E-state index is 0.0484. The molecule has 0 atom stereocenters. The number of carboxylic acids is 2. The smallest absolute Gasteiger partial charge is 0.306 e. The second-order valence-electron chi connectivity index (χ2n) is 5.07. The van der Waals surface area contributed by atoms with Crippen molar-refractivity contribution >= 4 is 23.9 Å². The van der Waals surface area contributed by atoms with Crippen LogP contribution in [0, 0.1) is 0 Å². The number of carbonyl (C=O) groups excluding carboxylic acids is 2. The summed E-state index contributed by atoms with van der Waals surface area (Å²) in [5.41, 5.74) is 0. The highest BCUT2D eigenvalue weighted by atomic mass is 16.6. The average molecular weight is 394 g/mol. The maximum atomic E-state index is 11.1. The van der Waals surface area contributed by atoms with E-state index in [0.29, 0.717) is 26.4 Å². The third-order valence-electron chi connectivity index (χ3n) is 2.81. The summed E-state index contributed by atoms with van der Waals surface area (Å²) in [5.74, 6) is -3.27. The Kier molecular flexibility index (Phi) is 15.8. The van der Waals surface area contributed by atoms with E-state index in [1.165, 1.54) is 0 Å². The van der Waals surface area contributed by atoms with Crippen molar-refractivity contribution in [2.45, 2.75) is 25.7 Å². The molecule has 0 saturated heterocycles. The molecule has 0 aromatic rings. The first-order chi connectivity index (χ1) is 12.9. The zero-order valence-electron chi connectivity index (χ0n) is 15.1. The minimum atomic E-state index is -1.05. The van der Waals surface area contributed by atoms with Gasteiger partial charge in [-0.3, -0.25) is 19.2 Å². The monoisotopic (exact) mass is 394 g/mol. The lowest BCUT2D eigenvalue weighted by Crippen LogP contribution is -2.15. The number of carboxylic acid groups (broad SMARTS) is 2. The number of esters is 2. The van der Waals surface area contributed by atoms with E-state index in [-0.39, 0.29) is 52.1 Å². The minimum Gasteiger partial charge on any atom is -0.481 e. The zero-order valence-corrected chi connectivity index (χ0v) is 15.1. The van der Waals surface area contributed by atoms with Crippen molar-refractivity contribution in [3.63, 3.8) is 0 Å². The third kappa shape index (κ3) is 19.9. The Morgan fingerprint density at radius 2 is 0.778 bits per heavy atom. The molecule has 156 valence electrons. The number of aliphatic carboxylic acids is 2. The molecule has 0 aromatic carbocycles. The van der Waals surface area contributed by atoms with Crippen LogP contribution < -0.4 is 0 Å². The molecule has 0 saturated carbocycles. The molecule has 0 bridgehead atoms. The lowest BCUT2D eigenvalue weighted by molar-refractivity contribution is -0.149. The Morgan fingerprint density at radius 3 is 1.07 bits per heavy atom. The highest BCUT2D eigenvalue weighted by Gasteiger charge is 2.06.